The van der Waals surface area contributed by atoms with Crippen molar-refractivity contribution in [3.63, 3.8) is 0 Å². The summed E-state index contributed by atoms with van der Waals surface area (Å²) in [6.07, 6.45) is 2.01. The summed E-state index contributed by atoms with van der Waals surface area (Å²) in [6, 6.07) is 20.8. The highest BCUT2D eigenvalue weighted by atomic mass is 16.5. The van der Waals surface area contributed by atoms with Crippen LogP contribution in [0.15, 0.2) is 79.0 Å². The van der Waals surface area contributed by atoms with E-state index in [4.69, 9.17) is 25.1 Å². The number of aromatic nitrogens is 1. The van der Waals surface area contributed by atoms with Gasteiger partial charge < -0.3 is 30.4 Å². The van der Waals surface area contributed by atoms with Gasteiger partial charge in [-0.1, -0.05) is 44.2 Å². The Labute approximate surface area is 227 Å². The predicted molar refractivity (Wildman–Crippen MR) is 151 cm³/mol. The molecule has 204 valence electrons. The van der Waals surface area contributed by atoms with Crippen molar-refractivity contribution in [1.29, 1.82) is 0 Å². The second-order valence-electron chi connectivity index (χ2n) is 8.25. The van der Waals surface area contributed by atoms with Crippen molar-refractivity contribution in [2.45, 2.75) is 32.7 Å². The summed E-state index contributed by atoms with van der Waals surface area (Å²) in [7, 11) is 1.51. The van der Waals surface area contributed by atoms with Crippen LogP contribution in [0.1, 0.15) is 25.8 Å². The Morgan fingerprint density at radius 3 is 2.36 bits per heavy atom. The van der Waals surface area contributed by atoms with Crippen LogP contribution in [0.3, 0.4) is 0 Å². The molecule has 0 fully saturated rings. The van der Waals surface area contributed by atoms with Crippen molar-refractivity contribution < 1.29 is 28.9 Å². The van der Waals surface area contributed by atoms with Crippen LogP contribution in [0, 0.1) is 0 Å². The van der Waals surface area contributed by atoms with Crippen molar-refractivity contribution in [2.24, 2.45) is 5.73 Å². The van der Waals surface area contributed by atoms with Crippen LogP contribution in [-0.4, -0.2) is 41.7 Å². The van der Waals surface area contributed by atoms with E-state index >= 15 is 0 Å². The molecule has 0 aliphatic heterocycles. The second kappa shape index (κ2) is 14.3. The lowest BCUT2D eigenvalue weighted by Gasteiger charge is -2.14. The van der Waals surface area contributed by atoms with Gasteiger partial charge in [0.2, 0.25) is 5.91 Å². The number of nitrogens with one attached hydrogen (secondary N) is 1. The first kappa shape index (κ1) is 28.9. The van der Waals surface area contributed by atoms with Crippen LogP contribution in [0.25, 0.3) is 10.9 Å². The fraction of sp³-hybridized carbons (Fsp3) is 0.233. The van der Waals surface area contributed by atoms with E-state index in [9.17, 15) is 9.59 Å². The minimum absolute atomic E-state index is 0.102. The quantitative estimate of drug-likeness (QED) is 0.234. The molecule has 9 heteroatoms. The van der Waals surface area contributed by atoms with E-state index < -0.39 is 12.0 Å². The van der Waals surface area contributed by atoms with Crippen LogP contribution in [0.5, 0.6) is 23.0 Å². The number of ether oxygens (including phenoxy) is 3. The molecule has 0 aliphatic carbocycles. The number of methoxy groups -OCH3 is 1. The number of carboxylic acids is 1. The molecule has 0 saturated heterocycles. The number of pyridine rings is 1. The van der Waals surface area contributed by atoms with Gasteiger partial charge in [-0.05, 0) is 42.0 Å². The Kier molecular flexibility index (Phi) is 10.6. The van der Waals surface area contributed by atoms with Gasteiger partial charge in [-0.25, -0.2) is 0 Å². The molecule has 4 aromatic rings. The van der Waals surface area contributed by atoms with Crippen LogP contribution in [0.2, 0.25) is 0 Å². The first-order valence-corrected chi connectivity index (χ1v) is 12.6. The Morgan fingerprint density at radius 1 is 0.974 bits per heavy atom. The zero-order chi connectivity index (χ0) is 28.2. The maximum Gasteiger partial charge on any atom is 0.320 e. The lowest BCUT2D eigenvalue weighted by molar-refractivity contribution is -0.138. The predicted octanol–water partition coefficient (Wildman–Crippen LogP) is 5.42. The first-order chi connectivity index (χ1) is 18.9. The summed E-state index contributed by atoms with van der Waals surface area (Å²) in [6.45, 7) is 4.11. The number of carboxylic acid groups (broad SMARTS) is 1. The molecule has 1 atom stereocenters. The summed E-state index contributed by atoms with van der Waals surface area (Å²) in [5, 5.41) is 12.5. The van der Waals surface area contributed by atoms with E-state index in [-0.39, 0.29) is 25.4 Å². The van der Waals surface area contributed by atoms with Gasteiger partial charge in [0.05, 0.1) is 25.7 Å². The normalized spacial score (nSPS) is 11.1. The number of aliphatic carboxylic acids is 1. The minimum atomic E-state index is -1.08. The summed E-state index contributed by atoms with van der Waals surface area (Å²) in [4.78, 5) is 27.6. The monoisotopic (exact) mass is 531 g/mol. The molecule has 1 unspecified atom stereocenters. The van der Waals surface area contributed by atoms with Gasteiger partial charge in [-0.15, -0.1) is 0 Å². The molecule has 39 heavy (non-hydrogen) atoms. The molecule has 9 nitrogen and oxygen atoms in total. The SMILES string of the molecule is CC.COc1cc2c(Oc3ccc(CC(=O)Nc4ccccc4)cc3)ccnc2cc1OCCC(N)C(=O)O. The van der Waals surface area contributed by atoms with E-state index in [1.54, 1.807) is 36.5 Å². The Morgan fingerprint density at radius 2 is 1.69 bits per heavy atom. The average molecular weight is 532 g/mol. The van der Waals surface area contributed by atoms with Crippen LogP contribution < -0.4 is 25.3 Å². The molecule has 1 aromatic heterocycles. The van der Waals surface area contributed by atoms with Crippen molar-refractivity contribution in [2.75, 3.05) is 19.0 Å². The number of hydrogen-bond acceptors (Lipinski definition) is 7. The van der Waals surface area contributed by atoms with Gasteiger partial charge in [-0.2, -0.15) is 0 Å². The number of nitrogens with zero attached hydrogens (tertiary/aromatic N) is 1. The van der Waals surface area contributed by atoms with Crippen LogP contribution in [-0.2, 0) is 16.0 Å². The third-order valence-corrected chi connectivity index (χ3v) is 5.56. The molecule has 0 aliphatic rings. The number of hydrogen-bond donors (Lipinski definition) is 3. The van der Waals surface area contributed by atoms with Crippen molar-refractivity contribution in [1.82, 2.24) is 4.98 Å². The molecule has 0 radical (unpaired) electrons. The third kappa shape index (κ3) is 8.18. The highest BCUT2D eigenvalue weighted by Gasteiger charge is 2.15. The topological polar surface area (TPSA) is 133 Å². The number of anilines is 1. The molecular formula is C30H33N3O6. The summed E-state index contributed by atoms with van der Waals surface area (Å²) in [5.74, 6) is 0.861. The summed E-state index contributed by atoms with van der Waals surface area (Å²) >= 11 is 0. The zero-order valence-electron chi connectivity index (χ0n) is 22.2. The average Bonchev–Trinajstić information content (AvgIpc) is 2.95. The molecular weight excluding hydrogens is 498 g/mol. The maximum atomic E-state index is 12.3. The largest absolute Gasteiger partial charge is 0.493 e. The van der Waals surface area contributed by atoms with Gasteiger partial charge in [-0.3, -0.25) is 14.6 Å². The molecule has 0 spiro atoms. The second-order valence-corrected chi connectivity index (χ2v) is 8.25. The van der Waals surface area contributed by atoms with Crippen molar-refractivity contribution in [3.05, 3.63) is 84.6 Å². The van der Waals surface area contributed by atoms with E-state index in [2.05, 4.69) is 10.3 Å². The van der Waals surface area contributed by atoms with Crippen molar-refractivity contribution >= 4 is 28.5 Å². The number of fused-ring (bicyclic) bond motifs is 1. The lowest BCUT2D eigenvalue weighted by atomic mass is 10.1. The highest BCUT2D eigenvalue weighted by molar-refractivity contribution is 5.92. The number of nitrogens with two attached hydrogens (primary N) is 1. The number of benzene rings is 3. The summed E-state index contributed by atoms with van der Waals surface area (Å²) < 4.78 is 17.3. The molecule has 3 aromatic carbocycles. The fourth-order valence-corrected chi connectivity index (χ4v) is 3.62. The Bertz CT molecular complexity index is 1380. The van der Waals surface area contributed by atoms with Gasteiger partial charge in [0.1, 0.15) is 17.5 Å². The van der Waals surface area contributed by atoms with Crippen molar-refractivity contribution in [3.8, 4) is 23.0 Å². The molecule has 0 bridgehead atoms. The molecule has 4 N–H and O–H groups in total. The van der Waals surface area contributed by atoms with Gasteiger partial charge in [0.15, 0.2) is 11.5 Å². The number of rotatable bonds is 11. The standard InChI is InChI=1S/C28H27N3O6.C2H6/c1-35-25-16-21-23(17-26(25)36-14-12-22(29)28(33)34)30-13-11-24(21)37-20-9-7-18(8-10-20)15-27(32)31-19-5-3-2-4-6-19;1-2/h2-11,13,16-17,22H,12,14-15,29H2,1H3,(H,31,32)(H,33,34);1-2H3. The van der Waals surface area contributed by atoms with E-state index in [0.29, 0.717) is 33.9 Å². The number of amides is 1. The molecule has 1 amide bonds. The Hall–Kier alpha value is -4.63. The number of para-hydroxylation sites is 1. The Balaban J connectivity index is 0.00000205. The van der Waals surface area contributed by atoms with Gasteiger partial charge >= 0.3 is 5.97 Å². The first-order valence-electron chi connectivity index (χ1n) is 12.6. The van der Waals surface area contributed by atoms with Crippen LogP contribution in [0.4, 0.5) is 5.69 Å². The zero-order valence-corrected chi connectivity index (χ0v) is 22.2. The minimum Gasteiger partial charge on any atom is -0.493 e. The number of carbonyl (C=O) groups excluding carboxylic acids is 1. The van der Waals surface area contributed by atoms with Gasteiger partial charge in [0, 0.05) is 29.8 Å². The lowest BCUT2D eigenvalue weighted by Crippen LogP contribution is -2.31. The summed E-state index contributed by atoms with van der Waals surface area (Å²) in [5.41, 5.74) is 7.76. The molecule has 4 rings (SSSR count). The third-order valence-electron chi connectivity index (χ3n) is 5.56. The fourth-order valence-electron chi connectivity index (χ4n) is 3.62. The number of carbonyl (C=O) groups is 2. The molecule has 1 heterocycles. The van der Waals surface area contributed by atoms with E-state index in [0.717, 1.165) is 11.3 Å². The van der Waals surface area contributed by atoms with Crippen LogP contribution >= 0.6 is 0 Å². The highest BCUT2D eigenvalue weighted by Crippen LogP contribution is 2.37. The van der Waals surface area contributed by atoms with E-state index in [1.807, 2.05) is 56.3 Å². The maximum absolute atomic E-state index is 12.3. The van der Waals surface area contributed by atoms with E-state index in [1.165, 1.54) is 7.11 Å². The smallest absolute Gasteiger partial charge is 0.320 e. The molecule has 0 saturated carbocycles. The van der Waals surface area contributed by atoms with Gasteiger partial charge in [0.25, 0.3) is 0 Å².